The first-order valence-electron chi connectivity index (χ1n) is 5.35. The molecule has 16 heavy (non-hydrogen) atoms. The number of aromatic amines is 1. The first-order chi connectivity index (χ1) is 7.74. The number of hydrogen-bond donors (Lipinski definition) is 1. The Kier molecular flexibility index (Phi) is 1.89. The van der Waals surface area contributed by atoms with Crippen molar-refractivity contribution in [3.63, 3.8) is 0 Å². The van der Waals surface area contributed by atoms with Crippen LogP contribution < -0.4 is 0 Å². The lowest BCUT2D eigenvalue weighted by molar-refractivity contribution is 0.868. The molecule has 3 aromatic rings. The van der Waals surface area contributed by atoms with E-state index in [1.165, 1.54) is 5.56 Å². The molecule has 1 N–H and O–H groups in total. The quantitative estimate of drug-likeness (QED) is 0.674. The molecule has 0 radical (unpaired) electrons. The summed E-state index contributed by atoms with van der Waals surface area (Å²) in [5.74, 6) is 0.513. The van der Waals surface area contributed by atoms with Gasteiger partial charge < -0.3 is 0 Å². The van der Waals surface area contributed by atoms with E-state index in [2.05, 4.69) is 52.4 Å². The maximum atomic E-state index is 4.48. The molecular weight excluding hydrogens is 200 g/mol. The van der Waals surface area contributed by atoms with Crippen molar-refractivity contribution in [2.45, 2.75) is 19.8 Å². The number of fused-ring (bicyclic) bond motifs is 2. The van der Waals surface area contributed by atoms with Crippen LogP contribution in [0, 0.1) is 0 Å². The van der Waals surface area contributed by atoms with Crippen molar-refractivity contribution in [2.24, 2.45) is 0 Å². The van der Waals surface area contributed by atoms with Crippen LogP contribution >= 0.6 is 0 Å². The molecule has 0 amide bonds. The van der Waals surface area contributed by atoms with Gasteiger partial charge >= 0.3 is 0 Å². The van der Waals surface area contributed by atoms with E-state index in [1.807, 2.05) is 6.07 Å². The van der Waals surface area contributed by atoms with Gasteiger partial charge in [-0.05, 0) is 23.6 Å². The van der Waals surface area contributed by atoms with Gasteiger partial charge in [0.25, 0.3) is 0 Å². The minimum Gasteiger partial charge on any atom is -0.225 e. The summed E-state index contributed by atoms with van der Waals surface area (Å²) in [4.78, 5) is 4.48. The van der Waals surface area contributed by atoms with Crippen molar-refractivity contribution in [1.82, 2.24) is 20.4 Å². The predicted molar refractivity (Wildman–Crippen MR) is 63.3 cm³/mol. The first-order valence-corrected chi connectivity index (χ1v) is 5.35. The largest absolute Gasteiger partial charge is 0.225 e. The highest BCUT2D eigenvalue weighted by Gasteiger charge is 2.05. The second-order valence-corrected chi connectivity index (χ2v) is 4.26. The molecule has 2 aromatic heterocycles. The van der Waals surface area contributed by atoms with Crippen LogP contribution in [-0.4, -0.2) is 20.4 Å². The van der Waals surface area contributed by atoms with Crippen LogP contribution in [0.4, 0.5) is 0 Å². The van der Waals surface area contributed by atoms with E-state index in [0.717, 1.165) is 16.4 Å². The molecule has 0 spiro atoms. The van der Waals surface area contributed by atoms with Gasteiger partial charge in [-0.1, -0.05) is 26.0 Å². The number of rotatable bonds is 1. The van der Waals surface area contributed by atoms with Gasteiger partial charge in [-0.2, -0.15) is 10.3 Å². The van der Waals surface area contributed by atoms with Crippen LogP contribution in [0.5, 0.6) is 0 Å². The smallest absolute Gasteiger partial charge is 0.202 e. The zero-order chi connectivity index (χ0) is 11.1. The standard InChI is InChI=1S/C12H12N4/c1-7(2)8-3-4-9-6-11-12(15-16-14-11)13-10(9)5-8/h3-7H,1-2H3,(H,13,14,15,16). The van der Waals surface area contributed by atoms with Gasteiger partial charge in [0.05, 0.1) is 5.52 Å². The lowest BCUT2D eigenvalue weighted by atomic mass is 10.0. The van der Waals surface area contributed by atoms with Crippen molar-refractivity contribution in [3.05, 3.63) is 29.8 Å². The summed E-state index contributed by atoms with van der Waals surface area (Å²) < 4.78 is 0. The van der Waals surface area contributed by atoms with E-state index in [-0.39, 0.29) is 0 Å². The molecule has 0 saturated carbocycles. The monoisotopic (exact) mass is 212 g/mol. The fourth-order valence-electron chi connectivity index (χ4n) is 1.81. The Morgan fingerprint density at radius 1 is 1.06 bits per heavy atom. The highest BCUT2D eigenvalue weighted by Crippen LogP contribution is 2.21. The van der Waals surface area contributed by atoms with Gasteiger partial charge in [-0.25, -0.2) is 4.98 Å². The van der Waals surface area contributed by atoms with Gasteiger partial charge in [-0.3, -0.25) is 0 Å². The number of nitrogens with zero attached hydrogens (tertiary/aromatic N) is 3. The van der Waals surface area contributed by atoms with E-state index >= 15 is 0 Å². The molecule has 0 bridgehead atoms. The molecule has 0 atom stereocenters. The maximum absolute atomic E-state index is 4.48. The molecule has 4 nitrogen and oxygen atoms in total. The second-order valence-electron chi connectivity index (χ2n) is 4.26. The molecule has 0 unspecified atom stereocenters. The van der Waals surface area contributed by atoms with Crippen molar-refractivity contribution in [1.29, 1.82) is 0 Å². The fourth-order valence-corrected chi connectivity index (χ4v) is 1.81. The second kappa shape index (κ2) is 3.27. The lowest BCUT2D eigenvalue weighted by Crippen LogP contribution is -1.88. The summed E-state index contributed by atoms with van der Waals surface area (Å²) in [5, 5.41) is 11.7. The van der Waals surface area contributed by atoms with Gasteiger partial charge in [0.15, 0.2) is 0 Å². The average Bonchev–Trinajstić information content (AvgIpc) is 2.71. The first kappa shape index (κ1) is 9.27. The fraction of sp³-hybridized carbons (Fsp3) is 0.250. The summed E-state index contributed by atoms with van der Waals surface area (Å²) in [6, 6.07) is 8.35. The number of pyridine rings is 1. The maximum Gasteiger partial charge on any atom is 0.202 e. The number of hydrogen-bond acceptors (Lipinski definition) is 3. The highest BCUT2D eigenvalue weighted by molar-refractivity contribution is 5.89. The molecule has 0 aliphatic carbocycles. The third-order valence-electron chi connectivity index (χ3n) is 2.80. The molecule has 4 heteroatoms. The molecule has 0 fully saturated rings. The molecular formula is C12H12N4. The highest BCUT2D eigenvalue weighted by atomic mass is 15.3. The van der Waals surface area contributed by atoms with E-state index in [0.29, 0.717) is 11.6 Å². The average molecular weight is 212 g/mol. The zero-order valence-corrected chi connectivity index (χ0v) is 9.23. The SMILES string of the molecule is CC(C)c1ccc2cc3n[nH]nc3nc2c1. The summed E-state index contributed by atoms with van der Waals surface area (Å²) in [6.45, 7) is 4.35. The van der Waals surface area contributed by atoms with Gasteiger partial charge in [0.1, 0.15) is 5.52 Å². The molecule has 0 saturated heterocycles. The van der Waals surface area contributed by atoms with Crippen LogP contribution in [-0.2, 0) is 0 Å². The van der Waals surface area contributed by atoms with Crippen molar-refractivity contribution in [3.8, 4) is 0 Å². The third-order valence-corrected chi connectivity index (χ3v) is 2.80. The van der Waals surface area contributed by atoms with Gasteiger partial charge in [-0.15, -0.1) is 5.10 Å². The molecule has 80 valence electrons. The Hall–Kier alpha value is -1.97. The number of benzene rings is 1. The zero-order valence-electron chi connectivity index (χ0n) is 9.23. The van der Waals surface area contributed by atoms with Crippen LogP contribution in [0.3, 0.4) is 0 Å². The number of aromatic nitrogens is 4. The van der Waals surface area contributed by atoms with Crippen LogP contribution in [0.1, 0.15) is 25.3 Å². The Bertz CT molecular complexity index is 654. The van der Waals surface area contributed by atoms with Crippen LogP contribution in [0.2, 0.25) is 0 Å². The lowest BCUT2D eigenvalue weighted by Gasteiger charge is -2.05. The summed E-state index contributed by atoms with van der Waals surface area (Å²) in [6.07, 6.45) is 0. The Morgan fingerprint density at radius 3 is 2.75 bits per heavy atom. The Balaban J connectivity index is 2.33. The molecule has 0 aliphatic rings. The molecule has 0 aliphatic heterocycles. The summed E-state index contributed by atoms with van der Waals surface area (Å²) in [5.41, 5.74) is 3.76. The predicted octanol–water partition coefficient (Wildman–Crippen LogP) is 2.63. The minimum absolute atomic E-state index is 0.513. The van der Waals surface area contributed by atoms with Gasteiger partial charge in [0, 0.05) is 5.39 Å². The van der Waals surface area contributed by atoms with Crippen LogP contribution in [0.25, 0.3) is 22.1 Å². The normalized spacial score (nSPS) is 11.7. The third kappa shape index (κ3) is 1.34. The molecule has 3 rings (SSSR count). The van der Waals surface area contributed by atoms with E-state index in [4.69, 9.17) is 0 Å². The van der Waals surface area contributed by atoms with Crippen molar-refractivity contribution in [2.75, 3.05) is 0 Å². The van der Waals surface area contributed by atoms with E-state index in [9.17, 15) is 0 Å². The van der Waals surface area contributed by atoms with Crippen molar-refractivity contribution < 1.29 is 0 Å². The number of H-pyrrole nitrogens is 1. The Morgan fingerprint density at radius 2 is 1.94 bits per heavy atom. The summed E-state index contributed by atoms with van der Waals surface area (Å²) >= 11 is 0. The Labute approximate surface area is 92.7 Å². The topological polar surface area (TPSA) is 54.5 Å². The van der Waals surface area contributed by atoms with E-state index in [1.54, 1.807) is 0 Å². The van der Waals surface area contributed by atoms with E-state index < -0.39 is 0 Å². The summed E-state index contributed by atoms with van der Waals surface area (Å²) in [7, 11) is 0. The minimum atomic E-state index is 0.513. The van der Waals surface area contributed by atoms with Crippen molar-refractivity contribution >= 4 is 22.1 Å². The molecule has 2 heterocycles. The molecule has 1 aromatic carbocycles. The van der Waals surface area contributed by atoms with Gasteiger partial charge in [0.2, 0.25) is 5.65 Å². The number of nitrogens with one attached hydrogen (secondary N) is 1. The van der Waals surface area contributed by atoms with Crippen LogP contribution in [0.15, 0.2) is 24.3 Å².